The Morgan fingerprint density at radius 3 is 1.80 bits per heavy atom. The summed E-state index contributed by atoms with van der Waals surface area (Å²) in [6, 6.07) is 0. The van der Waals surface area contributed by atoms with Crippen molar-refractivity contribution in [3.63, 3.8) is 0 Å². The zero-order valence-electron chi connectivity index (χ0n) is 17.2. The number of unbranched alkanes of at least 4 members (excludes halogenated alkanes) is 6. The predicted octanol–water partition coefficient (Wildman–Crippen LogP) is 6.55. The van der Waals surface area contributed by atoms with Crippen LogP contribution in [0, 0.1) is 0 Å². The minimum absolute atomic E-state index is 0.236. The first-order valence-electron chi connectivity index (χ1n) is 10.5. The Hall–Kier alpha value is -0.900. The summed E-state index contributed by atoms with van der Waals surface area (Å²) in [5.74, 6) is 1.39. The monoisotopic (exact) mass is 358 g/mol. The molecule has 0 amide bonds. The summed E-state index contributed by atoms with van der Waals surface area (Å²) in [7, 11) is 0. The van der Waals surface area contributed by atoms with Crippen molar-refractivity contribution in [1.82, 2.24) is 0 Å². The maximum atomic E-state index is 5.99. The van der Waals surface area contributed by atoms with Crippen LogP contribution in [0.4, 0.5) is 0 Å². The van der Waals surface area contributed by atoms with Crippen LogP contribution in [0.3, 0.4) is 0 Å². The quantitative estimate of drug-likeness (QED) is 0.149. The average Bonchev–Trinajstić information content (AvgIpc) is 2.62. The van der Waals surface area contributed by atoms with Gasteiger partial charge in [-0.3, -0.25) is 0 Å². The maximum absolute atomic E-state index is 5.99. The fourth-order valence-electron chi connectivity index (χ4n) is 2.23. The number of hydrogen-bond acceptors (Lipinski definition) is 4. The van der Waals surface area contributed by atoms with Gasteiger partial charge >= 0.3 is 5.95 Å². The van der Waals surface area contributed by atoms with Crippen molar-refractivity contribution < 1.29 is 18.9 Å². The Labute approximate surface area is 156 Å². The van der Waals surface area contributed by atoms with Crippen molar-refractivity contribution in [3.05, 3.63) is 11.7 Å². The molecule has 150 valence electrons. The molecule has 0 fully saturated rings. The smallest absolute Gasteiger partial charge is 0.321 e. The van der Waals surface area contributed by atoms with Gasteiger partial charge in [0.2, 0.25) is 0 Å². The lowest BCUT2D eigenvalue weighted by Crippen LogP contribution is -2.10. The normalized spacial score (nSPS) is 12.0. The molecule has 0 saturated heterocycles. The molecular formula is C21H42O4. The Morgan fingerprint density at radius 1 is 0.560 bits per heavy atom. The molecule has 0 N–H and O–H groups in total. The van der Waals surface area contributed by atoms with Gasteiger partial charge < -0.3 is 18.9 Å². The van der Waals surface area contributed by atoms with E-state index in [4.69, 9.17) is 18.9 Å². The molecule has 0 aliphatic rings. The topological polar surface area (TPSA) is 36.9 Å². The van der Waals surface area contributed by atoms with Crippen molar-refractivity contribution in [2.75, 3.05) is 26.6 Å². The van der Waals surface area contributed by atoms with Crippen molar-refractivity contribution in [2.24, 2.45) is 0 Å². The average molecular weight is 359 g/mol. The van der Waals surface area contributed by atoms with Gasteiger partial charge in [-0.15, -0.1) is 0 Å². The maximum Gasteiger partial charge on any atom is 0.321 e. The van der Waals surface area contributed by atoms with E-state index in [9.17, 15) is 0 Å². The number of hydrogen-bond donors (Lipinski definition) is 0. The third kappa shape index (κ3) is 15.1. The van der Waals surface area contributed by atoms with Crippen LogP contribution in [0.1, 0.15) is 98.3 Å². The van der Waals surface area contributed by atoms with Crippen LogP contribution in [0.25, 0.3) is 0 Å². The van der Waals surface area contributed by atoms with E-state index in [1.165, 1.54) is 25.7 Å². The molecule has 0 aromatic carbocycles. The van der Waals surface area contributed by atoms with Crippen molar-refractivity contribution >= 4 is 0 Å². The second-order valence-electron chi connectivity index (χ2n) is 6.45. The molecule has 0 aliphatic carbocycles. The Balaban J connectivity index is 4.62. The van der Waals surface area contributed by atoms with Gasteiger partial charge in [0.15, 0.2) is 12.6 Å². The molecule has 0 spiro atoms. The van der Waals surface area contributed by atoms with Gasteiger partial charge in [0.25, 0.3) is 0 Å². The molecule has 0 radical (unpaired) electrons. The third-order valence-corrected chi connectivity index (χ3v) is 3.91. The number of allylic oxidation sites excluding steroid dienone is 1. The standard InChI is InChI=1S/C21H42O4/c1-5-9-13-15-20(23-17-11-7-3)21(24-18-12-8-4)25-19-22-16-14-10-6-2/h5-19H2,1-4H3/b21-20-. The third-order valence-electron chi connectivity index (χ3n) is 3.91. The predicted molar refractivity (Wildman–Crippen MR) is 104 cm³/mol. The summed E-state index contributed by atoms with van der Waals surface area (Å²) in [6.07, 6.45) is 12.1. The molecule has 4 heteroatoms. The molecule has 0 aliphatic heterocycles. The molecule has 25 heavy (non-hydrogen) atoms. The first kappa shape index (κ1) is 24.1. The summed E-state index contributed by atoms with van der Waals surface area (Å²) in [4.78, 5) is 0. The van der Waals surface area contributed by atoms with Gasteiger partial charge in [-0.05, 0) is 25.7 Å². The second kappa shape index (κ2) is 19.4. The molecule has 0 heterocycles. The minimum atomic E-state index is 0.236. The van der Waals surface area contributed by atoms with E-state index >= 15 is 0 Å². The van der Waals surface area contributed by atoms with E-state index in [1.807, 2.05) is 0 Å². The first-order valence-corrected chi connectivity index (χ1v) is 10.5. The molecule has 0 unspecified atom stereocenters. The van der Waals surface area contributed by atoms with E-state index in [0.717, 1.165) is 63.9 Å². The first-order chi connectivity index (χ1) is 12.3. The molecule has 0 bridgehead atoms. The highest BCUT2D eigenvalue weighted by molar-refractivity contribution is 4.95. The molecule has 0 atom stereocenters. The van der Waals surface area contributed by atoms with Gasteiger partial charge in [-0.1, -0.05) is 66.2 Å². The lowest BCUT2D eigenvalue weighted by Gasteiger charge is -2.18. The van der Waals surface area contributed by atoms with E-state index in [2.05, 4.69) is 27.7 Å². The Kier molecular flexibility index (Phi) is 18.7. The number of ether oxygens (including phenoxy) is 4. The Bertz CT molecular complexity index is 290. The zero-order chi connectivity index (χ0) is 18.6. The van der Waals surface area contributed by atoms with E-state index in [0.29, 0.717) is 12.6 Å². The number of rotatable bonds is 19. The fourth-order valence-corrected chi connectivity index (χ4v) is 2.23. The van der Waals surface area contributed by atoms with Crippen molar-refractivity contribution in [1.29, 1.82) is 0 Å². The van der Waals surface area contributed by atoms with Gasteiger partial charge in [-0.25, -0.2) is 0 Å². The molecule has 0 aromatic heterocycles. The molecule has 0 saturated carbocycles. The van der Waals surface area contributed by atoms with Crippen LogP contribution in [0.5, 0.6) is 0 Å². The van der Waals surface area contributed by atoms with Crippen LogP contribution < -0.4 is 0 Å². The SMILES string of the molecule is CCCCCOCO/C(OCCCC)=C(/CCCCC)OCCCC. The summed E-state index contributed by atoms with van der Waals surface area (Å²) in [6.45, 7) is 11.1. The second-order valence-corrected chi connectivity index (χ2v) is 6.45. The van der Waals surface area contributed by atoms with Gasteiger partial charge in [0.05, 0.1) is 19.8 Å². The van der Waals surface area contributed by atoms with Crippen LogP contribution >= 0.6 is 0 Å². The van der Waals surface area contributed by atoms with Crippen molar-refractivity contribution in [3.8, 4) is 0 Å². The summed E-state index contributed by atoms with van der Waals surface area (Å²) < 4.78 is 23.3. The van der Waals surface area contributed by atoms with E-state index in [1.54, 1.807) is 0 Å². The van der Waals surface area contributed by atoms with Gasteiger partial charge in [0.1, 0.15) is 0 Å². The van der Waals surface area contributed by atoms with Crippen molar-refractivity contribution in [2.45, 2.75) is 98.3 Å². The summed E-state index contributed by atoms with van der Waals surface area (Å²) in [5.41, 5.74) is 0. The lowest BCUT2D eigenvalue weighted by molar-refractivity contribution is -0.0844. The molecule has 4 nitrogen and oxygen atoms in total. The summed E-state index contributed by atoms with van der Waals surface area (Å²) in [5, 5.41) is 0. The van der Waals surface area contributed by atoms with Crippen LogP contribution in [0.2, 0.25) is 0 Å². The van der Waals surface area contributed by atoms with Crippen LogP contribution in [0.15, 0.2) is 11.7 Å². The zero-order valence-corrected chi connectivity index (χ0v) is 17.2. The highest BCUT2D eigenvalue weighted by Gasteiger charge is 2.13. The Morgan fingerprint density at radius 2 is 1.16 bits per heavy atom. The van der Waals surface area contributed by atoms with Gasteiger partial charge in [-0.2, -0.15) is 0 Å². The van der Waals surface area contributed by atoms with Gasteiger partial charge in [0, 0.05) is 6.42 Å². The molecule has 0 aromatic rings. The highest BCUT2D eigenvalue weighted by Crippen LogP contribution is 2.19. The van der Waals surface area contributed by atoms with Crippen LogP contribution in [-0.2, 0) is 18.9 Å². The molecule has 0 rings (SSSR count). The van der Waals surface area contributed by atoms with Crippen LogP contribution in [-0.4, -0.2) is 26.6 Å². The lowest BCUT2D eigenvalue weighted by atomic mass is 10.2. The molecular weight excluding hydrogens is 316 g/mol. The minimum Gasteiger partial charge on any atom is -0.491 e. The fraction of sp³-hybridized carbons (Fsp3) is 0.905. The summed E-state index contributed by atoms with van der Waals surface area (Å²) >= 11 is 0. The largest absolute Gasteiger partial charge is 0.491 e. The highest BCUT2D eigenvalue weighted by atomic mass is 16.7. The van der Waals surface area contributed by atoms with E-state index in [-0.39, 0.29) is 6.79 Å². The van der Waals surface area contributed by atoms with E-state index < -0.39 is 0 Å².